The predicted molar refractivity (Wildman–Crippen MR) is 54.0 cm³/mol. The first-order valence-electron chi connectivity index (χ1n) is 5.06. The summed E-state index contributed by atoms with van der Waals surface area (Å²) in [7, 11) is 2.06. The summed E-state index contributed by atoms with van der Waals surface area (Å²) >= 11 is 0. The van der Waals surface area contributed by atoms with Crippen molar-refractivity contribution in [3.05, 3.63) is 12.4 Å². The second kappa shape index (κ2) is 5.12. The van der Waals surface area contributed by atoms with Crippen LogP contribution in [0.15, 0.2) is 12.4 Å². The van der Waals surface area contributed by atoms with Crippen LogP contribution in [0.2, 0.25) is 0 Å². The van der Waals surface area contributed by atoms with E-state index in [1.165, 1.54) is 12.8 Å². The van der Waals surface area contributed by atoms with E-state index < -0.39 is 0 Å². The minimum absolute atomic E-state index is 0.263. The molecule has 0 spiro atoms. The largest absolute Gasteiger partial charge is 0.396 e. The molecule has 0 aromatic carbocycles. The third-order valence-electron chi connectivity index (χ3n) is 2.50. The Kier molecular flexibility index (Phi) is 4.09. The Hall–Kier alpha value is -0.700. The Morgan fingerprint density at radius 2 is 2.15 bits per heavy atom. The number of aliphatic hydroxyl groups excluding tert-OH is 1. The number of nitrogens with zero attached hydrogens (tertiary/aromatic N) is 2. The quantitative estimate of drug-likeness (QED) is 0.696. The minimum Gasteiger partial charge on any atom is -0.396 e. The van der Waals surface area contributed by atoms with Gasteiger partial charge in [0.15, 0.2) is 0 Å². The molecule has 1 heterocycles. The van der Waals surface area contributed by atoms with Crippen LogP contribution >= 0.6 is 0 Å². The summed E-state index contributed by atoms with van der Waals surface area (Å²) in [5.74, 6) is 0. The zero-order valence-electron chi connectivity index (χ0n) is 8.61. The van der Waals surface area contributed by atoms with Crippen molar-refractivity contribution >= 4 is 0 Å². The number of hydrogen-bond acceptors (Lipinski definition) is 3. The highest BCUT2D eigenvalue weighted by Gasteiger charge is 2.21. The molecule has 0 fully saturated rings. The average molecular weight is 184 g/mol. The Bertz CT molecular complexity index is 170. The van der Waals surface area contributed by atoms with E-state index in [0.717, 1.165) is 13.0 Å². The summed E-state index contributed by atoms with van der Waals surface area (Å²) in [6.07, 6.45) is 7.84. The van der Waals surface area contributed by atoms with E-state index in [1.54, 1.807) is 0 Å². The lowest BCUT2D eigenvalue weighted by atomic mass is 10.2. The standard InChI is InChI=1S/C10H20N2O/c1-3-4-6-12-8-7-11(2)10(12)5-9-13/h7-8,10,13H,3-6,9H2,1-2H3. The molecule has 76 valence electrons. The molecule has 13 heavy (non-hydrogen) atoms. The summed E-state index contributed by atoms with van der Waals surface area (Å²) in [4.78, 5) is 4.46. The highest BCUT2D eigenvalue weighted by atomic mass is 16.3. The highest BCUT2D eigenvalue weighted by molar-refractivity contribution is 4.95. The van der Waals surface area contributed by atoms with Crippen LogP contribution in [0.4, 0.5) is 0 Å². The number of rotatable bonds is 5. The molecule has 1 N–H and O–H groups in total. The van der Waals surface area contributed by atoms with Gasteiger partial charge in [0.2, 0.25) is 0 Å². The molecule has 0 aromatic heterocycles. The Morgan fingerprint density at radius 3 is 2.77 bits per heavy atom. The molecule has 3 heteroatoms. The molecule has 1 rings (SSSR count). The minimum atomic E-state index is 0.263. The van der Waals surface area contributed by atoms with E-state index in [-0.39, 0.29) is 6.61 Å². The summed E-state index contributed by atoms with van der Waals surface area (Å²) in [6, 6.07) is 0. The number of unbranched alkanes of at least 4 members (excludes halogenated alkanes) is 1. The molecule has 1 unspecified atom stereocenters. The summed E-state index contributed by atoms with van der Waals surface area (Å²) in [5, 5.41) is 8.91. The first kappa shape index (κ1) is 10.4. The molecule has 0 radical (unpaired) electrons. The van der Waals surface area contributed by atoms with Gasteiger partial charge in [0, 0.05) is 39.0 Å². The lowest BCUT2D eigenvalue weighted by Gasteiger charge is -2.29. The maximum absolute atomic E-state index is 8.91. The fourth-order valence-corrected chi connectivity index (χ4v) is 1.67. The van der Waals surface area contributed by atoms with Gasteiger partial charge in [-0.1, -0.05) is 13.3 Å². The van der Waals surface area contributed by atoms with Crippen molar-refractivity contribution < 1.29 is 5.11 Å². The average Bonchev–Trinajstić information content (AvgIpc) is 2.46. The molecule has 1 aliphatic heterocycles. The second-order valence-corrected chi connectivity index (χ2v) is 3.55. The molecule has 0 saturated carbocycles. The van der Waals surface area contributed by atoms with Gasteiger partial charge in [-0.2, -0.15) is 0 Å². The van der Waals surface area contributed by atoms with Crippen molar-refractivity contribution in [2.24, 2.45) is 0 Å². The lowest BCUT2D eigenvalue weighted by molar-refractivity contribution is 0.133. The topological polar surface area (TPSA) is 26.7 Å². The van der Waals surface area contributed by atoms with Crippen molar-refractivity contribution in [1.29, 1.82) is 0 Å². The van der Waals surface area contributed by atoms with Crippen molar-refractivity contribution in [3.63, 3.8) is 0 Å². The first-order valence-corrected chi connectivity index (χ1v) is 5.06. The molecule has 0 saturated heterocycles. The van der Waals surface area contributed by atoms with Crippen LogP contribution in [-0.2, 0) is 0 Å². The normalized spacial score (nSPS) is 21.6. The van der Waals surface area contributed by atoms with E-state index in [2.05, 4.69) is 36.2 Å². The van der Waals surface area contributed by atoms with Crippen LogP contribution in [0.1, 0.15) is 26.2 Å². The van der Waals surface area contributed by atoms with Crippen LogP contribution < -0.4 is 0 Å². The maximum atomic E-state index is 8.91. The predicted octanol–water partition coefficient (Wildman–Crippen LogP) is 1.21. The fourth-order valence-electron chi connectivity index (χ4n) is 1.67. The van der Waals surface area contributed by atoms with Gasteiger partial charge in [-0.05, 0) is 6.42 Å². The van der Waals surface area contributed by atoms with E-state index in [0.29, 0.717) is 6.17 Å². The fraction of sp³-hybridized carbons (Fsp3) is 0.800. The molecule has 1 atom stereocenters. The van der Waals surface area contributed by atoms with Gasteiger partial charge in [0.1, 0.15) is 6.17 Å². The third-order valence-corrected chi connectivity index (χ3v) is 2.50. The van der Waals surface area contributed by atoms with Crippen LogP contribution in [0.25, 0.3) is 0 Å². The zero-order valence-corrected chi connectivity index (χ0v) is 8.61. The Morgan fingerprint density at radius 1 is 1.38 bits per heavy atom. The van der Waals surface area contributed by atoms with Gasteiger partial charge in [-0.25, -0.2) is 0 Å². The molecule has 0 amide bonds. The van der Waals surface area contributed by atoms with Crippen molar-refractivity contribution in [3.8, 4) is 0 Å². The smallest absolute Gasteiger partial charge is 0.103 e. The van der Waals surface area contributed by atoms with Crippen LogP contribution in [0.3, 0.4) is 0 Å². The van der Waals surface area contributed by atoms with Gasteiger partial charge >= 0.3 is 0 Å². The molecule has 0 aliphatic carbocycles. The third kappa shape index (κ3) is 2.62. The highest BCUT2D eigenvalue weighted by Crippen LogP contribution is 2.16. The van der Waals surface area contributed by atoms with Gasteiger partial charge in [-0.3, -0.25) is 0 Å². The maximum Gasteiger partial charge on any atom is 0.103 e. The van der Waals surface area contributed by atoms with Crippen LogP contribution in [0.5, 0.6) is 0 Å². The van der Waals surface area contributed by atoms with Gasteiger partial charge in [0.25, 0.3) is 0 Å². The van der Waals surface area contributed by atoms with Crippen LogP contribution in [-0.4, -0.2) is 41.3 Å². The first-order chi connectivity index (χ1) is 6.29. The lowest BCUT2D eigenvalue weighted by Crippen LogP contribution is -2.37. The summed E-state index contributed by atoms with van der Waals surface area (Å²) < 4.78 is 0. The van der Waals surface area contributed by atoms with E-state index in [4.69, 9.17) is 5.11 Å². The molecular formula is C10H20N2O. The van der Waals surface area contributed by atoms with E-state index in [1.807, 2.05) is 0 Å². The number of hydrogen-bond donors (Lipinski definition) is 1. The van der Waals surface area contributed by atoms with E-state index in [9.17, 15) is 0 Å². The van der Waals surface area contributed by atoms with Gasteiger partial charge in [0.05, 0.1) is 0 Å². The van der Waals surface area contributed by atoms with Crippen LogP contribution in [0, 0.1) is 0 Å². The summed E-state index contributed by atoms with van der Waals surface area (Å²) in [6.45, 7) is 3.56. The number of aliphatic hydroxyl groups is 1. The zero-order chi connectivity index (χ0) is 9.68. The molecule has 3 nitrogen and oxygen atoms in total. The monoisotopic (exact) mass is 184 g/mol. The molecule has 0 aromatic rings. The second-order valence-electron chi connectivity index (χ2n) is 3.55. The SMILES string of the molecule is CCCCN1C=CN(C)C1CCO. The Labute approximate surface area is 80.6 Å². The molecular weight excluding hydrogens is 164 g/mol. The van der Waals surface area contributed by atoms with Gasteiger partial charge < -0.3 is 14.9 Å². The molecule has 1 aliphatic rings. The Balaban J connectivity index is 2.38. The molecule has 0 bridgehead atoms. The van der Waals surface area contributed by atoms with Crippen molar-refractivity contribution in [2.75, 3.05) is 20.2 Å². The summed E-state index contributed by atoms with van der Waals surface area (Å²) in [5.41, 5.74) is 0. The van der Waals surface area contributed by atoms with E-state index >= 15 is 0 Å². The van der Waals surface area contributed by atoms with Gasteiger partial charge in [-0.15, -0.1) is 0 Å². The van der Waals surface area contributed by atoms with Crippen molar-refractivity contribution in [2.45, 2.75) is 32.4 Å². The van der Waals surface area contributed by atoms with Crippen molar-refractivity contribution in [1.82, 2.24) is 9.80 Å².